The van der Waals surface area contributed by atoms with Crippen LogP contribution in [0.2, 0.25) is 0 Å². The van der Waals surface area contributed by atoms with E-state index in [1.165, 1.54) is 5.56 Å². The van der Waals surface area contributed by atoms with Gasteiger partial charge >= 0.3 is 0 Å². The van der Waals surface area contributed by atoms with Crippen LogP contribution in [-0.2, 0) is 6.54 Å². The first-order chi connectivity index (χ1) is 8.12. The SMILES string of the molecule is CCn1cc(C(C)NC(C)C(CO)SC)cn1. The topological polar surface area (TPSA) is 50.1 Å². The number of nitrogens with zero attached hydrogens (tertiary/aromatic N) is 2. The molecule has 3 atom stereocenters. The largest absolute Gasteiger partial charge is 0.395 e. The second-order valence-electron chi connectivity index (χ2n) is 4.26. The molecule has 0 radical (unpaired) electrons. The van der Waals surface area contributed by atoms with Crippen molar-refractivity contribution in [2.45, 2.75) is 44.6 Å². The molecule has 0 aliphatic carbocycles. The van der Waals surface area contributed by atoms with Gasteiger partial charge in [0.1, 0.15) is 0 Å². The van der Waals surface area contributed by atoms with E-state index in [9.17, 15) is 5.11 Å². The van der Waals surface area contributed by atoms with Crippen LogP contribution in [0.4, 0.5) is 0 Å². The Morgan fingerprint density at radius 1 is 1.53 bits per heavy atom. The Morgan fingerprint density at radius 2 is 2.24 bits per heavy atom. The van der Waals surface area contributed by atoms with Gasteiger partial charge in [0.25, 0.3) is 0 Å². The fourth-order valence-corrected chi connectivity index (χ4v) is 2.45. The van der Waals surface area contributed by atoms with Crippen molar-refractivity contribution in [2.75, 3.05) is 12.9 Å². The molecule has 1 aromatic heterocycles. The van der Waals surface area contributed by atoms with Crippen LogP contribution < -0.4 is 5.32 Å². The molecular formula is C12H23N3OS. The number of rotatable bonds is 7. The lowest BCUT2D eigenvalue weighted by atomic mass is 10.1. The highest BCUT2D eigenvalue weighted by Gasteiger charge is 2.18. The molecule has 5 heteroatoms. The van der Waals surface area contributed by atoms with Gasteiger partial charge in [-0.25, -0.2) is 0 Å². The van der Waals surface area contributed by atoms with Crippen LogP contribution in [0.15, 0.2) is 12.4 Å². The average molecular weight is 257 g/mol. The summed E-state index contributed by atoms with van der Waals surface area (Å²) in [5.41, 5.74) is 1.19. The molecule has 0 aliphatic heterocycles. The summed E-state index contributed by atoms with van der Waals surface area (Å²) >= 11 is 1.69. The monoisotopic (exact) mass is 257 g/mol. The minimum atomic E-state index is 0.205. The predicted octanol–water partition coefficient (Wildman–Crippen LogP) is 1.67. The van der Waals surface area contributed by atoms with Crippen LogP contribution in [0.25, 0.3) is 0 Å². The predicted molar refractivity (Wildman–Crippen MR) is 73.3 cm³/mol. The highest BCUT2D eigenvalue weighted by molar-refractivity contribution is 7.99. The Labute approximate surface area is 108 Å². The van der Waals surface area contributed by atoms with Crippen molar-refractivity contribution in [1.29, 1.82) is 0 Å². The van der Waals surface area contributed by atoms with E-state index >= 15 is 0 Å². The van der Waals surface area contributed by atoms with E-state index in [4.69, 9.17) is 0 Å². The van der Waals surface area contributed by atoms with Gasteiger partial charge in [-0.05, 0) is 27.0 Å². The number of hydrogen-bond donors (Lipinski definition) is 2. The molecular weight excluding hydrogens is 234 g/mol. The lowest BCUT2D eigenvalue weighted by molar-refractivity contribution is 0.272. The molecule has 0 saturated carbocycles. The van der Waals surface area contributed by atoms with Crippen molar-refractivity contribution in [3.05, 3.63) is 18.0 Å². The summed E-state index contributed by atoms with van der Waals surface area (Å²) in [6.45, 7) is 7.41. The molecule has 17 heavy (non-hydrogen) atoms. The molecule has 1 heterocycles. The summed E-state index contributed by atoms with van der Waals surface area (Å²) in [6, 6.07) is 0.529. The molecule has 2 N–H and O–H groups in total. The van der Waals surface area contributed by atoms with Gasteiger partial charge in [-0.2, -0.15) is 16.9 Å². The van der Waals surface area contributed by atoms with Gasteiger partial charge in [0, 0.05) is 35.6 Å². The van der Waals surface area contributed by atoms with E-state index in [1.54, 1.807) is 11.8 Å². The Morgan fingerprint density at radius 3 is 2.71 bits per heavy atom. The number of nitrogens with one attached hydrogen (secondary N) is 1. The first-order valence-electron chi connectivity index (χ1n) is 6.04. The summed E-state index contributed by atoms with van der Waals surface area (Å²) in [5, 5.41) is 17.3. The standard InChI is InChI=1S/C12H23N3OS/c1-5-15-7-11(6-13-15)9(2)14-10(3)12(8-16)17-4/h6-7,9-10,12,14,16H,5,8H2,1-4H3. The molecule has 0 spiro atoms. The Hall–Kier alpha value is -0.520. The second-order valence-corrected chi connectivity index (χ2v) is 5.34. The molecule has 3 unspecified atom stereocenters. The number of aryl methyl sites for hydroxylation is 1. The normalized spacial score (nSPS) is 16.8. The van der Waals surface area contributed by atoms with E-state index in [-0.39, 0.29) is 23.9 Å². The van der Waals surface area contributed by atoms with Crippen LogP contribution in [0.5, 0.6) is 0 Å². The molecule has 1 aromatic rings. The van der Waals surface area contributed by atoms with Crippen molar-refractivity contribution in [3.8, 4) is 0 Å². The Bertz CT molecular complexity index is 325. The zero-order valence-corrected chi connectivity index (χ0v) is 11.9. The third-order valence-electron chi connectivity index (χ3n) is 3.03. The zero-order chi connectivity index (χ0) is 12.8. The number of thioether (sulfide) groups is 1. The highest BCUT2D eigenvalue weighted by Crippen LogP contribution is 2.16. The summed E-state index contributed by atoms with van der Waals surface area (Å²) < 4.78 is 1.93. The van der Waals surface area contributed by atoms with E-state index in [0.717, 1.165) is 6.54 Å². The number of aliphatic hydroxyl groups excluding tert-OH is 1. The molecule has 0 bridgehead atoms. The van der Waals surface area contributed by atoms with Crippen molar-refractivity contribution >= 4 is 11.8 Å². The van der Waals surface area contributed by atoms with Crippen LogP contribution >= 0.6 is 11.8 Å². The first kappa shape index (κ1) is 14.5. The van der Waals surface area contributed by atoms with Crippen LogP contribution in [0, 0.1) is 0 Å². The summed E-state index contributed by atoms with van der Waals surface area (Å²) in [7, 11) is 0. The molecule has 1 rings (SSSR count). The van der Waals surface area contributed by atoms with Gasteiger partial charge in [0.2, 0.25) is 0 Å². The molecule has 0 aromatic carbocycles. The molecule has 0 saturated heterocycles. The highest BCUT2D eigenvalue weighted by atomic mass is 32.2. The fourth-order valence-electron chi connectivity index (χ4n) is 1.81. The van der Waals surface area contributed by atoms with E-state index < -0.39 is 0 Å². The molecule has 0 amide bonds. The smallest absolute Gasteiger partial charge is 0.0564 e. The molecule has 4 nitrogen and oxygen atoms in total. The van der Waals surface area contributed by atoms with Crippen LogP contribution in [0.1, 0.15) is 32.4 Å². The first-order valence-corrected chi connectivity index (χ1v) is 7.33. The van der Waals surface area contributed by atoms with Crippen LogP contribution in [0.3, 0.4) is 0 Å². The van der Waals surface area contributed by atoms with Crippen molar-refractivity contribution < 1.29 is 5.11 Å². The molecule has 98 valence electrons. The Balaban J connectivity index is 2.56. The maximum atomic E-state index is 9.24. The van der Waals surface area contributed by atoms with Gasteiger partial charge in [-0.15, -0.1) is 0 Å². The minimum absolute atomic E-state index is 0.205. The maximum absolute atomic E-state index is 9.24. The van der Waals surface area contributed by atoms with Crippen molar-refractivity contribution in [1.82, 2.24) is 15.1 Å². The lowest BCUT2D eigenvalue weighted by Gasteiger charge is -2.24. The fraction of sp³-hybridized carbons (Fsp3) is 0.750. The van der Waals surface area contributed by atoms with Gasteiger partial charge in [-0.1, -0.05) is 0 Å². The van der Waals surface area contributed by atoms with Gasteiger partial charge in [0.15, 0.2) is 0 Å². The van der Waals surface area contributed by atoms with E-state index in [1.807, 2.05) is 17.1 Å². The molecule has 0 fully saturated rings. The Kier molecular flexibility index (Phi) is 6.02. The zero-order valence-electron chi connectivity index (χ0n) is 11.1. The number of aromatic nitrogens is 2. The van der Waals surface area contributed by atoms with Crippen molar-refractivity contribution in [2.24, 2.45) is 0 Å². The number of aliphatic hydroxyl groups is 1. The third-order valence-corrected chi connectivity index (χ3v) is 4.19. The lowest BCUT2D eigenvalue weighted by Crippen LogP contribution is -2.38. The van der Waals surface area contributed by atoms with Gasteiger partial charge in [0.05, 0.1) is 12.8 Å². The average Bonchev–Trinajstić information content (AvgIpc) is 2.79. The summed E-state index contributed by atoms with van der Waals surface area (Å²) in [4.78, 5) is 0. The third kappa shape index (κ3) is 4.01. The van der Waals surface area contributed by atoms with Gasteiger partial charge in [-0.3, -0.25) is 4.68 Å². The van der Waals surface area contributed by atoms with Crippen molar-refractivity contribution in [3.63, 3.8) is 0 Å². The number of hydrogen-bond acceptors (Lipinski definition) is 4. The van der Waals surface area contributed by atoms with E-state index in [2.05, 4.69) is 37.4 Å². The van der Waals surface area contributed by atoms with Crippen LogP contribution in [-0.4, -0.2) is 39.0 Å². The molecule has 0 aliphatic rings. The summed E-state index contributed by atoms with van der Waals surface area (Å²) in [5.74, 6) is 0. The second kappa shape index (κ2) is 7.03. The van der Waals surface area contributed by atoms with Gasteiger partial charge < -0.3 is 10.4 Å². The minimum Gasteiger partial charge on any atom is -0.395 e. The quantitative estimate of drug-likeness (QED) is 0.780. The maximum Gasteiger partial charge on any atom is 0.0564 e. The van der Waals surface area contributed by atoms with E-state index in [0.29, 0.717) is 0 Å². The summed E-state index contributed by atoms with van der Waals surface area (Å²) in [6.07, 6.45) is 6.00.